The average Bonchev–Trinajstić information content (AvgIpc) is 3.39. The highest BCUT2D eigenvalue weighted by Gasteiger charge is 2.24. The molecule has 2 amide bonds. The number of nitrogens with one attached hydrogen (secondary N) is 2. The molecule has 3 rings (SSSR count). The zero-order chi connectivity index (χ0) is 24.7. The SMILES string of the molecule is CCN(CC)S(=O)(=O)c1ccc(OC)c(C(=O)NCc2ccc(NC(=O)c3ccco3)cc2)c1. The van der Waals surface area contributed by atoms with Crippen LogP contribution >= 0.6 is 0 Å². The van der Waals surface area contributed by atoms with Crippen molar-refractivity contribution < 1.29 is 27.2 Å². The van der Waals surface area contributed by atoms with Crippen LogP contribution in [0.1, 0.15) is 40.3 Å². The van der Waals surface area contributed by atoms with Crippen molar-refractivity contribution in [2.45, 2.75) is 25.3 Å². The van der Waals surface area contributed by atoms with E-state index in [1.54, 1.807) is 50.2 Å². The Morgan fingerprint density at radius 2 is 1.71 bits per heavy atom. The van der Waals surface area contributed by atoms with Crippen molar-refractivity contribution in [2.24, 2.45) is 0 Å². The third-order valence-electron chi connectivity index (χ3n) is 5.17. The van der Waals surface area contributed by atoms with Crippen LogP contribution in [0.5, 0.6) is 5.75 Å². The fourth-order valence-electron chi connectivity index (χ4n) is 3.32. The highest BCUT2D eigenvalue weighted by atomic mass is 32.2. The number of hydrogen-bond donors (Lipinski definition) is 2. The quantitative estimate of drug-likeness (QED) is 0.454. The normalized spacial score (nSPS) is 11.3. The molecule has 34 heavy (non-hydrogen) atoms. The molecule has 1 aromatic heterocycles. The first-order chi connectivity index (χ1) is 16.3. The summed E-state index contributed by atoms with van der Waals surface area (Å²) >= 11 is 0. The lowest BCUT2D eigenvalue weighted by Gasteiger charge is -2.19. The summed E-state index contributed by atoms with van der Waals surface area (Å²) in [5.74, 6) is -0.358. The number of rotatable bonds is 10. The summed E-state index contributed by atoms with van der Waals surface area (Å²) in [7, 11) is -2.31. The van der Waals surface area contributed by atoms with E-state index in [-0.39, 0.29) is 34.4 Å². The van der Waals surface area contributed by atoms with Crippen LogP contribution in [0.3, 0.4) is 0 Å². The van der Waals surface area contributed by atoms with Gasteiger partial charge in [-0.3, -0.25) is 9.59 Å². The summed E-state index contributed by atoms with van der Waals surface area (Å²) in [5, 5.41) is 5.50. The van der Waals surface area contributed by atoms with Crippen molar-refractivity contribution in [3.8, 4) is 5.75 Å². The van der Waals surface area contributed by atoms with E-state index in [1.165, 1.54) is 35.9 Å². The van der Waals surface area contributed by atoms with Gasteiger partial charge >= 0.3 is 0 Å². The number of anilines is 1. The monoisotopic (exact) mass is 485 g/mol. The van der Waals surface area contributed by atoms with E-state index in [1.807, 2.05) is 0 Å². The molecule has 180 valence electrons. The first kappa shape index (κ1) is 25.0. The van der Waals surface area contributed by atoms with Crippen LogP contribution in [0.25, 0.3) is 0 Å². The Labute approximate surface area is 198 Å². The van der Waals surface area contributed by atoms with E-state index < -0.39 is 15.9 Å². The Kier molecular flexibility index (Phi) is 8.08. The molecule has 0 aliphatic heterocycles. The molecule has 0 saturated carbocycles. The molecule has 10 heteroatoms. The topological polar surface area (TPSA) is 118 Å². The van der Waals surface area contributed by atoms with E-state index in [2.05, 4.69) is 10.6 Å². The van der Waals surface area contributed by atoms with Gasteiger partial charge in [0.2, 0.25) is 10.0 Å². The molecule has 0 fully saturated rings. The Bertz CT molecular complexity index is 1230. The van der Waals surface area contributed by atoms with E-state index in [0.29, 0.717) is 18.8 Å². The number of furan rings is 1. The first-order valence-corrected chi connectivity index (χ1v) is 12.1. The van der Waals surface area contributed by atoms with Gasteiger partial charge in [-0.2, -0.15) is 4.31 Å². The predicted molar refractivity (Wildman–Crippen MR) is 127 cm³/mol. The Balaban J connectivity index is 1.70. The van der Waals surface area contributed by atoms with Crippen molar-refractivity contribution in [3.05, 3.63) is 77.7 Å². The van der Waals surface area contributed by atoms with Gasteiger partial charge in [-0.05, 0) is 48.0 Å². The molecule has 0 atom stereocenters. The number of benzene rings is 2. The third kappa shape index (κ3) is 5.64. The molecule has 0 aliphatic carbocycles. The zero-order valence-corrected chi connectivity index (χ0v) is 20.0. The van der Waals surface area contributed by atoms with Crippen LogP contribution in [0.15, 0.2) is 70.2 Å². The van der Waals surface area contributed by atoms with E-state index in [4.69, 9.17) is 9.15 Å². The van der Waals surface area contributed by atoms with Gasteiger partial charge in [0, 0.05) is 25.3 Å². The maximum Gasteiger partial charge on any atom is 0.291 e. The van der Waals surface area contributed by atoms with Crippen LogP contribution in [-0.2, 0) is 16.6 Å². The van der Waals surface area contributed by atoms with Gasteiger partial charge in [0.25, 0.3) is 11.8 Å². The minimum absolute atomic E-state index is 0.0267. The lowest BCUT2D eigenvalue weighted by atomic mass is 10.1. The summed E-state index contributed by atoms with van der Waals surface area (Å²) in [6, 6.07) is 14.4. The van der Waals surface area contributed by atoms with Gasteiger partial charge in [0.1, 0.15) is 5.75 Å². The number of hydrogen-bond acceptors (Lipinski definition) is 6. The van der Waals surface area contributed by atoms with Crippen molar-refractivity contribution in [3.63, 3.8) is 0 Å². The first-order valence-electron chi connectivity index (χ1n) is 10.7. The molecule has 1 heterocycles. The summed E-state index contributed by atoms with van der Waals surface area (Å²) in [6.45, 7) is 4.36. The second-order valence-electron chi connectivity index (χ2n) is 7.26. The number of sulfonamides is 1. The van der Waals surface area contributed by atoms with Gasteiger partial charge in [-0.15, -0.1) is 0 Å². The lowest BCUT2D eigenvalue weighted by molar-refractivity contribution is 0.0946. The maximum atomic E-state index is 12.9. The number of nitrogens with zero attached hydrogens (tertiary/aromatic N) is 1. The number of amides is 2. The van der Waals surface area contributed by atoms with Crippen LogP contribution in [-0.4, -0.2) is 44.7 Å². The number of ether oxygens (including phenoxy) is 1. The van der Waals surface area contributed by atoms with Crippen LogP contribution in [0.2, 0.25) is 0 Å². The van der Waals surface area contributed by atoms with Crippen LogP contribution < -0.4 is 15.4 Å². The molecule has 0 aliphatic rings. The predicted octanol–water partition coefficient (Wildman–Crippen LogP) is 3.50. The van der Waals surface area contributed by atoms with Gasteiger partial charge in [0.05, 0.1) is 23.8 Å². The molecule has 0 spiro atoms. The van der Waals surface area contributed by atoms with Crippen molar-refractivity contribution >= 4 is 27.5 Å². The largest absolute Gasteiger partial charge is 0.496 e. The molecule has 2 N–H and O–H groups in total. The smallest absolute Gasteiger partial charge is 0.291 e. The summed E-state index contributed by atoms with van der Waals surface area (Å²) in [6.07, 6.45) is 1.42. The third-order valence-corrected chi connectivity index (χ3v) is 7.21. The molecular weight excluding hydrogens is 458 g/mol. The summed E-state index contributed by atoms with van der Waals surface area (Å²) in [5.41, 5.74) is 1.49. The lowest BCUT2D eigenvalue weighted by Crippen LogP contribution is -2.31. The second-order valence-corrected chi connectivity index (χ2v) is 9.20. The van der Waals surface area contributed by atoms with Crippen molar-refractivity contribution in [1.29, 1.82) is 0 Å². The van der Waals surface area contributed by atoms with Gasteiger partial charge in [-0.25, -0.2) is 8.42 Å². The maximum absolute atomic E-state index is 12.9. The van der Waals surface area contributed by atoms with Crippen LogP contribution in [0.4, 0.5) is 5.69 Å². The van der Waals surface area contributed by atoms with E-state index in [0.717, 1.165) is 5.56 Å². The number of carbonyl (C=O) groups is 2. The fourth-order valence-corrected chi connectivity index (χ4v) is 4.81. The highest BCUT2D eigenvalue weighted by molar-refractivity contribution is 7.89. The van der Waals surface area contributed by atoms with E-state index in [9.17, 15) is 18.0 Å². The molecule has 0 saturated heterocycles. The van der Waals surface area contributed by atoms with E-state index >= 15 is 0 Å². The molecule has 9 nitrogen and oxygen atoms in total. The van der Waals surface area contributed by atoms with Crippen LogP contribution in [0, 0.1) is 0 Å². The minimum atomic E-state index is -3.72. The minimum Gasteiger partial charge on any atom is -0.496 e. The fraction of sp³-hybridized carbons (Fsp3) is 0.250. The number of methoxy groups -OCH3 is 1. The standard InChI is InChI=1S/C24H27N3O6S/c1-4-27(5-2)34(30,31)19-12-13-21(32-3)20(15-19)23(28)25-16-17-8-10-18(11-9-17)26-24(29)22-7-6-14-33-22/h6-15H,4-5,16H2,1-3H3,(H,25,28)(H,26,29). The highest BCUT2D eigenvalue weighted by Crippen LogP contribution is 2.25. The van der Waals surface area contributed by atoms with Crippen molar-refractivity contribution in [1.82, 2.24) is 9.62 Å². The molecule has 0 radical (unpaired) electrons. The van der Waals surface area contributed by atoms with Gasteiger partial charge < -0.3 is 19.8 Å². The average molecular weight is 486 g/mol. The molecule has 0 unspecified atom stereocenters. The Hall–Kier alpha value is -3.63. The number of carbonyl (C=O) groups excluding carboxylic acids is 2. The van der Waals surface area contributed by atoms with Gasteiger partial charge in [0.15, 0.2) is 5.76 Å². The molecule has 2 aromatic carbocycles. The van der Waals surface area contributed by atoms with Gasteiger partial charge in [-0.1, -0.05) is 26.0 Å². The van der Waals surface area contributed by atoms with Crippen molar-refractivity contribution in [2.75, 3.05) is 25.5 Å². The Morgan fingerprint density at radius 3 is 2.29 bits per heavy atom. The Morgan fingerprint density at radius 1 is 1.00 bits per heavy atom. The molecule has 0 bridgehead atoms. The molecule has 3 aromatic rings. The summed E-state index contributed by atoms with van der Waals surface area (Å²) in [4.78, 5) is 24.9. The summed E-state index contributed by atoms with van der Waals surface area (Å²) < 4.78 is 37.3. The molecular formula is C24H27N3O6S. The second kappa shape index (κ2) is 11.0. The zero-order valence-electron chi connectivity index (χ0n) is 19.2.